The molecule has 6 rings (SSSR count). The van der Waals surface area contributed by atoms with Crippen LogP contribution in [-0.4, -0.2) is 66.1 Å². The number of carbonyl (C=O) groups excluding carboxylic acids is 1. The number of hydrogen-bond donors (Lipinski definition) is 3. The highest BCUT2D eigenvalue weighted by atomic mass is 32.1. The van der Waals surface area contributed by atoms with Gasteiger partial charge in [0.05, 0.1) is 37.1 Å². The lowest BCUT2D eigenvalue weighted by Crippen LogP contribution is -2.49. The molecule has 1 unspecified atom stereocenters. The summed E-state index contributed by atoms with van der Waals surface area (Å²) in [6.45, 7) is 6.43. The summed E-state index contributed by atoms with van der Waals surface area (Å²) in [5.74, 6) is -0.268. The number of aliphatic hydroxyl groups excluding tert-OH is 2. The summed E-state index contributed by atoms with van der Waals surface area (Å²) < 4.78 is 21.8. The van der Waals surface area contributed by atoms with Gasteiger partial charge in [0.15, 0.2) is 0 Å². The van der Waals surface area contributed by atoms with E-state index in [1.807, 2.05) is 13.8 Å². The number of rotatable bonds is 6. The number of ether oxygens (including phenoxy) is 1. The monoisotopic (exact) mass is 644 g/mol. The Hall–Kier alpha value is -3.88. The lowest BCUT2D eigenvalue weighted by atomic mass is 9.95. The van der Waals surface area contributed by atoms with Crippen molar-refractivity contribution in [2.45, 2.75) is 90.5 Å². The number of aliphatic hydroxyl groups is 2. The zero-order valence-electron chi connectivity index (χ0n) is 26.0. The first-order chi connectivity index (χ1) is 21.7. The second-order valence-electron chi connectivity index (χ2n) is 10.8. The number of hydrogen-bond acceptors (Lipinski definition) is 9. The zero-order chi connectivity index (χ0) is 32.7. The Morgan fingerprint density at radius 3 is 2.29 bits per heavy atom. The van der Waals surface area contributed by atoms with Gasteiger partial charge in [-0.05, 0) is 75.6 Å². The zero-order valence-corrected chi connectivity index (χ0v) is 26.8. The van der Waals surface area contributed by atoms with Gasteiger partial charge in [0.25, 0.3) is 5.56 Å². The number of fused-ring (bicyclic) bond motifs is 1. The van der Waals surface area contributed by atoms with Crippen LogP contribution in [0.15, 0.2) is 40.2 Å². The molecule has 12 nitrogen and oxygen atoms in total. The highest BCUT2D eigenvalue weighted by Gasteiger charge is 2.30. The fraction of sp³-hybridized carbons (Fsp3) is 0.516. The second-order valence-corrected chi connectivity index (χ2v) is 11.7. The van der Waals surface area contributed by atoms with Gasteiger partial charge in [-0.3, -0.25) is 14.2 Å². The molecule has 1 aliphatic carbocycles. The topological polar surface area (TPSA) is 153 Å². The summed E-state index contributed by atoms with van der Waals surface area (Å²) in [5.41, 5.74) is 0.108. The molecule has 3 aromatic heterocycles. The maximum absolute atomic E-state index is 13.9. The molecule has 1 saturated carbocycles. The molecule has 244 valence electrons. The van der Waals surface area contributed by atoms with Crippen LogP contribution in [0.25, 0.3) is 15.2 Å². The van der Waals surface area contributed by atoms with Gasteiger partial charge in [-0.15, -0.1) is 4.80 Å². The first-order valence-electron chi connectivity index (χ1n) is 15.3. The molecule has 3 N–H and O–H groups in total. The molecule has 2 fully saturated rings. The predicted octanol–water partition coefficient (Wildman–Crippen LogP) is 3.26. The molecule has 1 aliphatic heterocycles. The number of amides is 1. The van der Waals surface area contributed by atoms with Gasteiger partial charge >= 0.3 is 5.69 Å². The van der Waals surface area contributed by atoms with Crippen molar-refractivity contribution < 1.29 is 24.1 Å². The number of nitrogens with one attached hydrogen (secondary N) is 1. The number of thiophene rings is 1. The van der Waals surface area contributed by atoms with Crippen LogP contribution < -0.4 is 21.3 Å². The molecule has 1 saturated heterocycles. The molecule has 45 heavy (non-hydrogen) atoms. The molecule has 1 aromatic carbocycles. The Morgan fingerprint density at radius 1 is 1.04 bits per heavy atom. The van der Waals surface area contributed by atoms with Crippen LogP contribution in [0, 0.1) is 12.7 Å². The van der Waals surface area contributed by atoms with E-state index in [4.69, 9.17) is 14.9 Å². The van der Waals surface area contributed by atoms with E-state index in [0.717, 1.165) is 30.3 Å². The first-order valence-corrected chi connectivity index (χ1v) is 16.1. The van der Waals surface area contributed by atoms with E-state index < -0.39 is 23.1 Å². The Balaban J connectivity index is 0.000000397. The minimum absolute atomic E-state index is 0.140. The molecule has 1 atom stereocenters. The van der Waals surface area contributed by atoms with Gasteiger partial charge in [-0.2, -0.15) is 10.2 Å². The van der Waals surface area contributed by atoms with E-state index in [2.05, 4.69) is 15.5 Å². The molecule has 2 aliphatic rings. The molecule has 4 aromatic rings. The second kappa shape index (κ2) is 15.4. The number of carbonyl (C=O) groups is 1. The molecular weight excluding hydrogens is 603 g/mol. The molecule has 4 heterocycles. The number of aromatic nitrogens is 5. The van der Waals surface area contributed by atoms with Crippen LogP contribution in [0.5, 0.6) is 5.75 Å². The van der Waals surface area contributed by atoms with Crippen molar-refractivity contribution in [1.82, 2.24) is 29.4 Å². The third-order valence-corrected chi connectivity index (χ3v) is 9.18. The third kappa shape index (κ3) is 7.51. The van der Waals surface area contributed by atoms with Crippen LogP contribution in [0.3, 0.4) is 0 Å². The number of nitrogens with zero attached hydrogens (tertiary/aromatic N) is 5. The molecular formula is C31H41FN6O6S. The van der Waals surface area contributed by atoms with Crippen molar-refractivity contribution in [3.63, 3.8) is 0 Å². The standard InChI is InChI=1S/C23H23FN6O4S.C6H12O2.C2H6/c1-13-18-20(32)29(16-4-3-8-25-19(16)31)23(33)28(22(18)35-21(13)30-26-9-10-27-30)11-7-14-12-15(24)5-6-17(14)34-2;7-5-1-2-6(8)4-3-5;1-2/h5-6,9-10,12,16H,3-4,7-8,11H2,1-2H3,(H,25,31);5-8H,1-4H2;1-2H3. The highest BCUT2D eigenvalue weighted by Crippen LogP contribution is 2.31. The lowest BCUT2D eigenvalue weighted by Gasteiger charge is -2.24. The van der Waals surface area contributed by atoms with Crippen molar-refractivity contribution >= 4 is 27.5 Å². The Kier molecular flexibility index (Phi) is 11.6. The van der Waals surface area contributed by atoms with Gasteiger partial charge < -0.3 is 20.3 Å². The molecule has 0 bridgehead atoms. The molecule has 0 radical (unpaired) electrons. The minimum Gasteiger partial charge on any atom is -0.496 e. The lowest BCUT2D eigenvalue weighted by molar-refractivity contribution is -0.126. The summed E-state index contributed by atoms with van der Waals surface area (Å²) in [6, 6.07) is 3.31. The van der Waals surface area contributed by atoms with Crippen LogP contribution in [0.4, 0.5) is 4.39 Å². The average molecular weight is 645 g/mol. The average Bonchev–Trinajstić information content (AvgIpc) is 3.69. The number of halogens is 1. The Bertz CT molecular complexity index is 1700. The molecule has 0 spiro atoms. The van der Waals surface area contributed by atoms with Crippen molar-refractivity contribution in [2.75, 3.05) is 13.7 Å². The highest BCUT2D eigenvalue weighted by molar-refractivity contribution is 7.21. The van der Waals surface area contributed by atoms with Gasteiger partial charge in [-0.25, -0.2) is 13.8 Å². The quantitative estimate of drug-likeness (QED) is 0.289. The molecule has 14 heteroatoms. The van der Waals surface area contributed by atoms with Crippen molar-refractivity contribution in [2.24, 2.45) is 0 Å². The van der Waals surface area contributed by atoms with E-state index >= 15 is 0 Å². The number of benzene rings is 1. The van der Waals surface area contributed by atoms with E-state index in [0.29, 0.717) is 51.5 Å². The van der Waals surface area contributed by atoms with Gasteiger partial charge in [0, 0.05) is 18.7 Å². The van der Waals surface area contributed by atoms with E-state index in [1.54, 1.807) is 6.92 Å². The SMILES string of the molecule is CC.COc1ccc(F)cc1CCn1c(=O)n(C2CCCNC2=O)c(=O)c2c(C)c(-n3nccn3)sc21.OC1CCC(O)CC1. The van der Waals surface area contributed by atoms with Crippen molar-refractivity contribution in [1.29, 1.82) is 0 Å². The fourth-order valence-corrected chi connectivity index (χ4v) is 6.81. The van der Waals surface area contributed by atoms with E-state index in [-0.39, 0.29) is 31.1 Å². The smallest absolute Gasteiger partial charge is 0.332 e. The van der Waals surface area contributed by atoms with Crippen molar-refractivity contribution in [3.05, 3.63) is 68.4 Å². The van der Waals surface area contributed by atoms with Crippen LogP contribution >= 0.6 is 11.3 Å². The van der Waals surface area contributed by atoms with E-state index in [1.165, 1.54) is 58.4 Å². The number of methoxy groups -OCH3 is 1. The third-order valence-electron chi connectivity index (χ3n) is 7.90. The summed E-state index contributed by atoms with van der Waals surface area (Å²) in [4.78, 5) is 41.8. The summed E-state index contributed by atoms with van der Waals surface area (Å²) >= 11 is 1.22. The van der Waals surface area contributed by atoms with Crippen LogP contribution in [0.1, 0.15) is 69.5 Å². The van der Waals surface area contributed by atoms with Crippen LogP contribution in [-0.2, 0) is 17.8 Å². The van der Waals surface area contributed by atoms with Crippen molar-refractivity contribution in [3.8, 4) is 10.8 Å². The van der Waals surface area contributed by atoms with E-state index in [9.17, 15) is 18.8 Å². The predicted molar refractivity (Wildman–Crippen MR) is 170 cm³/mol. The maximum Gasteiger partial charge on any atom is 0.332 e. The van der Waals surface area contributed by atoms with Gasteiger partial charge in [0.1, 0.15) is 27.4 Å². The Morgan fingerprint density at radius 2 is 1.69 bits per heavy atom. The minimum atomic E-state index is -0.895. The number of piperidine rings is 1. The van der Waals surface area contributed by atoms with Crippen LogP contribution in [0.2, 0.25) is 0 Å². The number of aryl methyl sites for hydroxylation is 3. The first kappa shape index (κ1) is 34.0. The maximum atomic E-state index is 13.9. The van der Waals surface area contributed by atoms with Gasteiger partial charge in [0.2, 0.25) is 5.91 Å². The van der Waals surface area contributed by atoms with Gasteiger partial charge in [-0.1, -0.05) is 25.2 Å². The molecule has 1 amide bonds. The summed E-state index contributed by atoms with van der Waals surface area (Å²) in [5, 5.41) is 29.9. The summed E-state index contributed by atoms with van der Waals surface area (Å²) in [7, 11) is 1.50. The normalized spacial score (nSPS) is 19.6. The largest absolute Gasteiger partial charge is 0.496 e. The Labute approximate surface area is 264 Å². The fourth-order valence-electron chi connectivity index (χ4n) is 5.57. The summed E-state index contributed by atoms with van der Waals surface area (Å²) in [6.07, 6.45) is 7.21.